The van der Waals surface area contributed by atoms with Crippen molar-refractivity contribution in [3.8, 4) is 22.5 Å². The van der Waals surface area contributed by atoms with Crippen LogP contribution in [0.3, 0.4) is 0 Å². The fourth-order valence-electron chi connectivity index (χ4n) is 7.01. The summed E-state index contributed by atoms with van der Waals surface area (Å²) in [7, 11) is 0. The molecule has 0 radical (unpaired) electrons. The number of aromatic nitrogens is 2. The van der Waals surface area contributed by atoms with Crippen molar-refractivity contribution >= 4 is 85.1 Å². The zero-order valence-corrected chi connectivity index (χ0v) is 25.2. The van der Waals surface area contributed by atoms with E-state index in [1.807, 2.05) is 22.7 Å². The minimum Gasteiger partial charge on any atom is -0.301 e. The maximum absolute atomic E-state index is 2.43. The van der Waals surface area contributed by atoms with Crippen LogP contribution in [0.25, 0.3) is 84.9 Å². The zero-order valence-electron chi connectivity index (χ0n) is 23.6. The van der Waals surface area contributed by atoms with E-state index in [1.54, 1.807) is 0 Å². The molecule has 44 heavy (non-hydrogen) atoms. The molecule has 0 amide bonds. The third-order valence-corrected chi connectivity index (χ3v) is 11.2. The lowest BCUT2D eigenvalue weighted by molar-refractivity contribution is 1.19. The minimum absolute atomic E-state index is 1.20. The molecule has 0 fully saturated rings. The standard InChI is InChI=1S/C40H24N2S2/c1-3-11-27(12-4-1)41-33-21-19-25(23-31(33)37-29-15-7-9-17-35(29)43-39(37)41)26-20-22-34-32(24-26)38-30-16-8-10-18-36(30)44-40(38)42(34)28-13-5-2-6-14-28/h1-24H. The molecule has 4 heteroatoms. The molecule has 10 aromatic rings. The summed E-state index contributed by atoms with van der Waals surface area (Å²) >= 11 is 3.76. The van der Waals surface area contributed by atoms with E-state index in [1.165, 1.54) is 84.9 Å². The van der Waals surface area contributed by atoms with Crippen LogP contribution >= 0.6 is 22.7 Å². The summed E-state index contributed by atoms with van der Waals surface area (Å²) in [6.45, 7) is 0. The van der Waals surface area contributed by atoms with Gasteiger partial charge in [-0.05, 0) is 71.8 Å². The van der Waals surface area contributed by atoms with E-state index in [4.69, 9.17) is 0 Å². The van der Waals surface area contributed by atoms with Gasteiger partial charge in [-0.3, -0.25) is 0 Å². The van der Waals surface area contributed by atoms with Crippen LogP contribution in [0.5, 0.6) is 0 Å². The summed E-state index contributed by atoms with van der Waals surface area (Å²) < 4.78 is 7.52. The molecule has 4 aromatic heterocycles. The monoisotopic (exact) mass is 596 g/mol. The summed E-state index contributed by atoms with van der Waals surface area (Å²) in [6.07, 6.45) is 0. The van der Waals surface area contributed by atoms with E-state index in [2.05, 4.69) is 155 Å². The molecule has 6 aromatic carbocycles. The summed E-state index contributed by atoms with van der Waals surface area (Å²) in [5.41, 5.74) is 7.36. The van der Waals surface area contributed by atoms with E-state index in [0.717, 1.165) is 0 Å². The highest BCUT2D eigenvalue weighted by atomic mass is 32.1. The lowest BCUT2D eigenvalue weighted by Gasteiger charge is -2.09. The molecule has 0 saturated carbocycles. The fourth-order valence-corrected chi connectivity index (χ4v) is 9.51. The third-order valence-electron chi connectivity index (χ3n) is 8.94. The Bertz CT molecular complexity index is 2510. The first kappa shape index (κ1) is 24.3. The van der Waals surface area contributed by atoms with Gasteiger partial charge in [0, 0.05) is 53.1 Å². The molecule has 10 rings (SSSR count). The Hall–Kier alpha value is -5.16. The quantitative estimate of drug-likeness (QED) is 0.192. The van der Waals surface area contributed by atoms with Crippen LogP contribution in [0.2, 0.25) is 0 Å². The van der Waals surface area contributed by atoms with Gasteiger partial charge in [-0.1, -0.05) is 84.9 Å². The van der Waals surface area contributed by atoms with Crippen LogP contribution in [0.4, 0.5) is 0 Å². The van der Waals surface area contributed by atoms with Gasteiger partial charge >= 0.3 is 0 Å². The molecule has 0 unspecified atom stereocenters. The van der Waals surface area contributed by atoms with Crippen LogP contribution in [-0.4, -0.2) is 9.13 Å². The van der Waals surface area contributed by atoms with Gasteiger partial charge in [0.1, 0.15) is 9.66 Å². The van der Waals surface area contributed by atoms with Crippen molar-refractivity contribution in [2.45, 2.75) is 0 Å². The maximum atomic E-state index is 2.43. The first-order valence-electron chi connectivity index (χ1n) is 14.9. The predicted molar refractivity (Wildman–Crippen MR) is 191 cm³/mol. The highest BCUT2D eigenvalue weighted by molar-refractivity contribution is 7.26. The number of hydrogen-bond donors (Lipinski definition) is 0. The normalized spacial score (nSPS) is 12.1. The van der Waals surface area contributed by atoms with Crippen LogP contribution in [0.1, 0.15) is 0 Å². The predicted octanol–water partition coefficient (Wildman–Crippen LogP) is 12.0. The number of fused-ring (bicyclic) bond motifs is 10. The van der Waals surface area contributed by atoms with Crippen LogP contribution in [0, 0.1) is 0 Å². The number of rotatable bonds is 3. The van der Waals surface area contributed by atoms with Gasteiger partial charge in [0.15, 0.2) is 0 Å². The molecule has 0 spiro atoms. The smallest absolute Gasteiger partial charge is 0.109 e. The van der Waals surface area contributed by atoms with Gasteiger partial charge in [0.2, 0.25) is 0 Å². The molecule has 0 bridgehead atoms. The molecule has 206 valence electrons. The van der Waals surface area contributed by atoms with Crippen LogP contribution < -0.4 is 0 Å². The largest absolute Gasteiger partial charge is 0.301 e. The Morgan fingerprint density at radius 2 is 0.773 bits per heavy atom. The molecule has 0 aliphatic carbocycles. The number of nitrogens with zero attached hydrogens (tertiary/aromatic N) is 2. The second kappa shape index (κ2) is 9.17. The van der Waals surface area contributed by atoms with Crippen LogP contribution in [-0.2, 0) is 0 Å². The molecule has 2 nitrogen and oxygen atoms in total. The molecular formula is C40H24N2S2. The first-order chi connectivity index (χ1) is 21.8. The molecular weight excluding hydrogens is 573 g/mol. The van der Waals surface area contributed by atoms with E-state index in [-0.39, 0.29) is 0 Å². The van der Waals surface area contributed by atoms with Gasteiger partial charge in [-0.15, -0.1) is 22.7 Å². The molecule has 0 atom stereocenters. The van der Waals surface area contributed by atoms with Crippen molar-refractivity contribution in [3.05, 3.63) is 146 Å². The maximum Gasteiger partial charge on any atom is 0.109 e. The average Bonchev–Trinajstić information content (AvgIpc) is 3.81. The molecule has 0 N–H and O–H groups in total. The summed E-state index contributed by atoms with van der Waals surface area (Å²) in [4.78, 5) is 2.60. The number of hydrogen-bond acceptors (Lipinski definition) is 2. The first-order valence-corrected chi connectivity index (χ1v) is 16.5. The van der Waals surface area contributed by atoms with Crippen LogP contribution in [0.15, 0.2) is 146 Å². The number of benzene rings is 6. The van der Waals surface area contributed by atoms with Crippen molar-refractivity contribution in [2.75, 3.05) is 0 Å². The van der Waals surface area contributed by atoms with Gasteiger partial charge in [0.05, 0.1) is 11.0 Å². The molecule has 4 heterocycles. The van der Waals surface area contributed by atoms with Gasteiger partial charge < -0.3 is 9.13 Å². The lowest BCUT2D eigenvalue weighted by atomic mass is 10.00. The summed E-state index contributed by atoms with van der Waals surface area (Å²) in [6, 6.07) is 53.2. The van der Waals surface area contributed by atoms with Gasteiger partial charge in [-0.2, -0.15) is 0 Å². The highest BCUT2D eigenvalue weighted by Gasteiger charge is 2.20. The van der Waals surface area contributed by atoms with Gasteiger partial charge in [0.25, 0.3) is 0 Å². The Morgan fingerprint density at radius 3 is 1.23 bits per heavy atom. The minimum atomic E-state index is 1.20. The van der Waals surface area contributed by atoms with E-state index >= 15 is 0 Å². The number of para-hydroxylation sites is 2. The van der Waals surface area contributed by atoms with E-state index in [0.29, 0.717) is 0 Å². The Labute approximate surface area is 261 Å². The second-order valence-electron chi connectivity index (χ2n) is 11.4. The highest BCUT2D eigenvalue weighted by Crippen LogP contribution is 2.45. The molecule has 0 saturated heterocycles. The van der Waals surface area contributed by atoms with Crippen molar-refractivity contribution in [1.29, 1.82) is 0 Å². The molecule has 0 aliphatic rings. The van der Waals surface area contributed by atoms with Crippen molar-refractivity contribution < 1.29 is 0 Å². The second-order valence-corrected chi connectivity index (χ2v) is 13.4. The Balaban J connectivity index is 1.26. The third kappa shape index (κ3) is 3.35. The van der Waals surface area contributed by atoms with E-state index in [9.17, 15) is 0 Å². The Kier molecular flexibility index (Phi) is 5.06. The summed E-state index contributed by atoms with van der Waals surface area (Å²) in [5, 5.41) is 7.93. The Morgan fingerprint density at radius 1 is 0.364 bits per heavy atom. The van der Waals surface area contributed by atoms with E-state index < -0.39 is 0 Å². The zero-order chi connectivity index (χ0) is 28.8. The molecule has 0 aliphatic heterocycles. The lowest BCUT2D eigenvalue weighted by Crippen LogP contribution is -1.92. The van der Waals surface area contributed by atoms with Gasteiger partial charge in [-0.25, -0.2) is 0 Å². The topological polar surface area (TPSA) is 9.86 Å². The number of thiophene rings is 2. The summed E-state index contributed by atoms with van der Waals surface area (Å²) in [5.74, 6) is 0. The SMILES string of the molecule is c1ccc(-n2c3ccc(-c4ccc5c(c4)c4c6ccccc6sc4n5-c4ccccc4)cc3c3c4ccccc4sc32)cc1. The average molecular weight is 597 g/mol. The van der Waals surface area contributed by atoms with Crippen molar-refractivity contribution in [1.82, 2.24) is 9.13 Å². The fraction of sp³-hybridized carbons (Fsp3) is 0. The van der Waals surface area contributed by atoms with Crippen molar-refractivity contribution in [3.63, 3.8) is 0 Å². The van der Waals surface area contributed by atoms with Crippen molar-refractivity contribution in [2.24, 2.45) is 0 Å².